The lowest BCUT2D eigenvalue weighted by Gasteiger charge is -2.12. The number of aromatic nitrogens is 1. The van der Waals surface area contributed by atoms with Crippen molar-refractivity contribution in [3.63, 3.8) is 0 Å². The van der Waals surface area contributed by atoms with Crippen LogP contribution < -0.4 is 0 Å². The zero-order valence-corrected chi connectivity index (χ0v) is 21.1. The minimum absolute atomic E-state index is 0.0569. The Bertz CT molecular complexity index is 1500. The van der Waals surface area contributed by atoms with E-state index in [-0.39, 0.29) is 23.8 Å². The fourth-order valence-corrected chi connectivity index (χ4v) is 5.36. The normalized spacial score (nSPS) is 15.1. The second kappa shape index (κ2) is 9.60. The Morgan fingerprint density at radius 2 is 1.77 bits per heavy atom. The molecule has 0 N–H and O–H groups in total. The highest BCUT2D eigenvalue weighted by atomic mass is 79.9. The molecule has 3 aromatic carbocycles. The van der Waals surface area contributed by atoms with E-state index >= 15 is 0 Å². The van der Waals surface area contributed by atoms with Crippen molar-refractivity contribution in [3.05, 3.63) is 110 Å². The molecule has 1 aliphatic rings. The highest BCUT2D eigenvalue weighted by Crippen LogP contribution is 2.36. The number of rotatable bonds is 5. The van der Waals surface area contributed by atoms with Crippen LogP contribution in [0.15, 0.2) is 76.2 Å². The summed E-state index contributed by atoms with van der Waals surface area (Å²) in [6.07, 6.45) is 3.48. The zero-order valence-electron chi connectivity index (χ0n) is 18.0. The molecule has 1 aliphatic heterocycles. The van der Waals surface area contributed by atoms with Gasteiger partial charge in [0.15, 0.2) is 0 Å². The quantitative estimate of drug-likeness (QED) is 0.231. The van der Waals surface area contributed by atoms with Crippen molar-refractivity contribution in [2.24, 2.45) is 0 Å². The second-order valence-corrected chi connectivity index (χ2v) is 10.3. The lowest BCUT2D eigenvalue weighted by atomic mass is 10.1. The Balaban J connectivity index is 1.50. The lowest BCUT2D eigenvalue weighted by Crippen LogP contribution is -2.27. The number of hydrogen-bond donors (Lipinski definition) is 0. The third kappa shape index (κ3) is 4.78. The van der Waals surface area contributed by atoms with E-state index in [1.807, 2.05) is 29.0 Å². The van der Waals surface area contributed by atoms with Crippen molar-refractivity contribution in [2.75, 3.05) is 0 Å². The van der Waals surface area contributed by atoms with Gasteiger partial charge in [0.2, 0.25) is 0 Å². The number of imide groups is 1. The Hall–Kier alpha value is -2.94. The van der Waals surface area contributed by atoms with Gasteiger partial charge in [-0.25, -0.2) is 8.78 Å². The molecule has 35 heavy (non-hydrogen) atoms. The minimum Gasteiger partial charge on any atom is -0.342 e. The molecule has 0 unspecified atom stereocenters. The minimum atomic E-state index is -0.419. The SMILES string of the molecule is O=C1S/C(=C\c2cn(Cc3c(F)cccc3Cl)c3ccc(Br)cc23)C(=O)N1Cc1ccc(F)cc1. The Kier molecular flexibility index (Phi) is 6.53. The standard InChI is InChI=1S/C26H16BrClF2N2O2S/c27-17-6-9-23-19(11-17)16(13-31(23)14-20-21(28)2-1-3-22(20)30)10-24-25(33)32(26(34)35-24)12-15-4-7-18(29)8-5-15/h1-11,13H,12,14H2/b24-10-. The number of halogens is 4. The summed E-state index contributed by atoms with van der Waals surface area (Å²) >= 11 is 10.6. The van der Waals surface area contributed by atoms with Gasteiger partial charge in [0.1, 0.15) is 11.6 Å². The van der Waals surface area contributed by atoms with Gasteiger partial charge in [-0.2, -0.15) is 0 Å². The molecule has 0 saturated carbocycles. The molecule has 5 rings (SSSR count). The van der Waals surface area contributed by atoms with Crippen molar-refractivity contribution in [2.45, 2.75) is 13.1 Å². The molecule has 4 aromatic rings. The highest BCUT2D eigenvalue weighted by molar-refractivity contribution is 9.10. The fourth-order valence-electron chi connectivity index (χ4n) is 3.95. The van der Waals surface area contributed by atoms with Crippen LogP contribution in [-0.4, -0.2) is 20.6 Å². The average molecular weight is 574 g/mol. The van der Waals surface area contributed by atoms with E-state index in [0.717, 1.165) is 32.0 Å². The van der Waals surface area contributed by atoms with Gasteiger partial charge in [0, 0.05) is 37.7 Å². The van der Waals surface area contributed by atoms with Crippen LogP contribution in [0.25, 0.3) is 17.0 Å². The van der Waals surface area contributed by atoms with Crippen molar-refractivity contribution in [1.29, 1.82) is 0 Å². The molecule has 0 aliphatic carbocycles. The van der Waals surface area contributed by atoms with Crippen molar-refractivity contribution in [1.82, 2.24) is 9.47 Å². The summed E-state index contributed by atoms with van der Waals surface area (Å²) in [5, 5.41) is 0.762. The predicted octanol–water partition coefficient (Wildman–Crippen LogP) is 7.62. The molecular weight excluding hydrogens is 558 g/mol. The van der Waals surface area contributed by atoms with Crippen LogP contribution in [0.1, 0.15) is 16.7 Å². The molecular formula is C26H16BrClF2N2O2S. The maximum absolute atomic E-state index is 14.4. The summed E-state index contributed by atoms with van der Waals surface area (Å²) in [5.74, 6) is -1.21. The smallest absolute Gasteiger partial charge is 0.293 e. The number of carbonyl (C=O) groups is 2. The molecule has 176 valence electrons. The number of fused-ring (bicyclic) bond motifs is 1. The van der Waals surface area contributed by atoms with Gasteiger partial charge in [-0.1, -0.05) is 45.7 Å². The number of carbonyl (C=O) groups excluding carboxylic acids is 2. The molecule has 9 heteroatoms. The van der Waals surface area contributed by atoms with Crippen LogP contribution in [0.4, 0.5) is 13.6 Å². The molecule has 4 nitrogen and oxygen atoms in total. The van der Waals surface area contributed by atoms with E-state index in [1.54, 1.807) is 30.3 Å². The van der Waals surface area contributed by atoms with Crippen molar-refractivity contribution >= 4 is 67.4 Å². The van der Waals surface area contributed by atoms with Gasteiger partial charge in [0.05, 0.1) is 18.0 Å². The molecule has 0 bridgehead atoms. The van der Waals surface area contributed by atoms with Crippen LogP contribution in [-0.2, 0) is 17.9 Å². The summed E-state index contributed by atoms with van der Waals surface area (Å²) < 4.78 is 30.3. The molecule has 1 fully saturated rings. The zero-order chi connectivity index (χ0) is 24.7. The van der Waals surface area contributed by atoms with Gasteiger partial charge < -0.3 is 4.57 Å². The number of nitrogens with zero attached hydrogens (tertiary/aromatic N) is 2. The molecule has 0 spiro atoms. The second-order valence-electron chi connectivity index (χ2n) is 7.97. The summed E-state index contributed by atoms with van der Waals surface area (Å²) in [5.41, 5.74) is 2.54. The molecule has 0 radical (unpaired) electrons. The van der Waals surface area contributed by atoms with Gasteiger partial charge in [-0.3, -0.25) is 14.5 Å². The third-order valence-corrected chi connectivity index (χ3v) is 7.43. The van der Waals surface area contributed by atoms with Gasteiger partial charge in [-0.05, 0) is 65.9 Å². The highest BCUT2D eigenvalue weighted by Gasteiger charge is 2.35. The summed E-state index contributed by atoms with van der Waals surface area (Å²) in [6, 6.07) is 15.9. The third-order valence-electron chi connectivity index (χ3n) is 5.68. The summed E-state index contributed by atoms with van der Waals surface area (Å²) in [4.78, 5) is 27.0. The van der Waals surface area contributed by atoms with Gasteiger partial charge >= 0.3 is 0 Å². The number of amides is 2. The lowest BCUT2D eigenvalue weighted by molar-refractivity contribution is -0.123. The van der Waals surface area contributed by atoms with Gasteiger partial charge in [0.25, 0.3) is 11.1 Å². The molecule has 0 atom stereocenters. The monoisotopic (exact) mass is 572 g/mol. The van der Waals surface area contributed by atoms with Crippen LogP contribution in [0, 0.1) is 11.6 Å². The summed E-state index contributed by atoms with van der Waals surface area (Å²) in [6.45, 7) is 0.255. The van der Waals surface area contributed by atoms with E-state index in [9.17, 15) is 18.4 Å². The van der Waals surface area contributed by atoms with Crippen molar-refractivity contribution in [3.8, 4) is 0 Å². The van der Waals surface area contributed by atoms with E-state index in [1.165, 1.54) is 18.2 Å². The first kappa shape index (κ1) is 23.8. The van der Waals surface area contributed by atoms with Crippen LogP contribution in [0.2, 0.25) is 5.02 Å². The van der Waals surface area contributed by atoms with Gasteiger partial charge in [-0.15, -0.1) is 0 Å². The van der Waals surface area contributed by atoms with E-state index in [4.69, 9.17) is 11.6 Å². The number of hydrogen-bond acceptors (Lipinski definition) is 3. The maximum Gasteiger partial charge on any atom is 0.293 e. The first-order valence-corrected chi connectivity index (χ1v) is 12.5. The Morgan fingerprint density at radius 1 is 1.00 bits per heavy atom. The van der Waals surface area contributed by atoms with Crippen LogP contribution in [0.5, 0.6) is 0 Å². The summed E-state index contributed by atoms with van der Waals surface area (Å²) in [7, 11) is 0. The van der Waals surface area contributed by atoms with E-state index < -0.39 is 17.0 Å². The first-order valence-electron chi connectivity index (χ1n) is 10.5. The maximum atomic E-state index is 14.4. The Morgan fingerprint density at radius 3 is 2.51 bits per heavy atom. The molecule has 2 amide bonds. The first-order chi connectivity index (χ1) is 16.8. The topological polar surface area (TPSA) is 42.3 Å². The fraction of sp³-hybridized carbons (Fsp3) is 0.0769. The number of thioether (sulfide) groups is 1. The molecule has 2 heterocycles. The Labute approximate surface area is 217 Å². The number of benzene rings is 3. The average Bonchev–Trinajstić information content (AvgIpc) is 3.29. The van der Waals surface area contributed by atoms with Crippen LogP contribution >= 0.6 is 39.3 Å². The van der Waals surface area contributed by atoms with Crippen molar-refractivity contribution < 1.29 is 18.4 Å². The molecule has 1 aromatic heterocycles. The van der Waals surface area contributed by atoms with E-state index in [2.05, 4.69) is 15.9 Å². The molecule has 1 saturated heterocycles. The predicted molar refractivity (Wildman–Crippen MR) is 138 cm³/mol. The largest absolute Gasteiger partial charge is 0.342 e. The van der Waals surface area contributed by atoms with Crippen LogP contribution in [0.3, 0.4) is 0 Å². The van der Waals surface area contributed by atoms with E-state index in [0.29, 0.717) is 21.7 Å².